The third-order valence-electron chi connectivity index (χ3n) is 3.25. The summed E-state index contributed by atoms with van der Waals surface area (Å²) in [5.41, 5.74) is 0.884. The molecule has 0 amide bonds. The smallest absolute Gasteiger partial charge is 0.232 e. The molecule has 3 rings (SSSR count). The van der Waals surface area contributed by atoms with Crippen molar-refractivity contribution < 1.29 is 4.74 Å². The minimum absolute atomic E-state index is 0.584. The molecule has 1 fully saturated rings. The number of rotatable bonds is 4. The summed E-state index contributed by atoms with van der Waals surface area (Å²) in [5, 5.41) is 5.43. The summed E-state index contributed by atoms with van der Waals surface area (Å²) in [6.45, 7) is 2.89. The summed E-state index contributed by atoms with van der Waals surface area (Å²) in [6.07, 6.45) is 5.92. The monoisotopic (exact) mass is 275 g/mol. The van der Waals surface area contributed by atoms with Crippen LogP contribution in [-0.2, 0) is 0 Å². The number of nitrogens with one attached hydrogen (secondary N) is 1. The first-order valence-electron chi connectivity index (χ1n) is 6.61. The Morgan fingerprint density at radius 1 is 1.42 bits per heavy atom. The topological polar surface area (TPSA) is 47.0 Å². The van der Waals surface area contributed by atoms with E-state index in [1.165, 1.54) is 12.8 Å². The Kier molecular flexibility index (Phi) is 4.05. The van der Waals surface area contributed by atoms with Gasteiger partial charge in [-0.15, -0.1) is 11.3 Å². The maximum Gasteiger partial charge on any atom is 0.232 e. The van der Waals surface area contributed by atoms with Gasteiger partial charge in [0, 0.05) is 12.5 Å². The standard InChI is InChI=1S/C14H17N3OS/c1-3-11(7-15-5-1)10-18-14-9-16-8-12(17-14)13-4-2-6-19-13/h2,4,6,8-9,11,15H,1,3,5,7,10H2. The zero-order valence-electron chi connectivity index (χ0n) is 10.7. The van der Waals surface area contributed by atoms with E-state index in [1.807, 2.05) is 17.5 Å². The van der Waals surface area contributed by atoms with E-state index < -0.39 is 0 Å². The van der Waals surface area contributed by atoms with Gasteiger partial charge in [-0.2, -0.15) is 0 Å². The fraction of sp³-hybridized carbons (Fsp3) is 0.429. The molecule has 1 aliphatic heterocycles. The van der Waals surface area contributed by atoms with Gasteiger partial charge in [-0.1, -0.05) is 6.07 Å². The molecule has 0 radical (unpaired) electrons. The lowest BCUT2D eigenvalue weighted by Gasteiger charge is -2.22. The molecule has 100 valence electrons. The van der Waals surface area contributed by atoms with Gasteiger partial charge in [0.2, 0.25) is 5.88 Å². The second-order valence-corrected chi connectivity index (χ2v) is 5.69. The molecule has 4 nitrogen and oxygen atoms in total. The van der Waals surface area contributed by atoms with E-state index in [9.17, 15) is 0 Å². The number of thiophene rings is 1. The molecule has 2 aromatic rings. The summed E-state index contributed by atoms with van der Waals surface area (Å²) in [6, 6.07) is 4.06. The maximum absolute atomic E-state index is 5.78. The predicted molar refractivity (Wildman–Crippen MR) is 76.4 cm³/mol. The van der Waals surface area contributed by atoms with Crippen molar-refractivity contribution in [1.29, 1.82) is 0 Å². The lowest BCUT2D eigenvalue weighted by atomic mass is 10.0. The van der Waals surface area contributed by atoms with Crippen molar-refractivity contribution in [3.05, 3.63) is 29.9 Å². The highest BCUT2D eigenvalue weighted by Gasteiger charge is 2.14. The van der Waals surface area contributed by atoms with Crippen LogP contribution in [0.4, 0.5) is 0 Å². The number of nitrogens with zero attached hydrogens (tertiary/aromatic N) is 2. The average Bonchev–Trinajstić information content (AvgIpc) is 3.01. The van der Waals surface area contributed by atoms with Crippen LogP contribution in [0.1, 0.15) is 12.8 Å². The van der Waals surface area contributed by atoms with Crippen molar-refractivity contribution in [2.75, 3.05) is 19.7 Å². The Morgan fingerprint density at radius 3 is 3.21 bits per heavy atom. The van der Waals surface area contributed by atoms with Crippen LogP contribution in [-0.4, -0.2) is 29.7 Å². The molecule has 0 saturated carbocycles. The molecule has 5 heteroatoms. The van der Waals surface area contributed by atoms with Crippen molar-refractivity contribution in [3.8, 4) is 16.5 Å². The fourth-order valence-corrected chi connectivity index (χ4v) is 2.91. The fourth-order valence-electron chi connectivity index (χ4n) is 2.23. The third kappa shape index (κ3) is 3.30. The second kappa shape index (κ2) is 6.12. The van der Waals surface area contributed by atoms with E-state index in [4.69, 9.17) is 4.74 Å². The maximum atomic E-state index is 5.78. The number of hydrogen-bond donors (Lipinski definition) is 1. The van der Waals surface area contributed by atoms with Gasteiger partial charge in [0.15, 0.2) is 0 Å². The molecule has 1 saturated heterocycles. The Morgan fingerprint density at radius 2 is 2.42 bits per heavy atom. The van der Waals surface area contributed by atoms with Gasteiger partial charge in [0.05, 0.1) is 23.9 Å². The summed E-state index contributed by atoms with van der Waals surface area (Å²) in [7, 11) is 0. The Hall–Kier alpha value is -1.46. The Labute approximate surface area is 116 Å². The highest BCUT2D eigenvalue weighted by molar-refractivity contribution is 7.13. The summed E-state index contributed by atoms with van der Waals surface area (Å²) < 4.78 is 5.78. The molecule has 0 spiro atoms. The third-order valence-corrected chi connectivity index (χ3v) is 4.14. The van der Waals surface area contributed by atoms with Gasteiger partial charge in [0.1, 0.15) is 5.69 Å². The molecule has 1 N–H and O–H groups in total. The normalized spacial score (nSPS) is 19.3. The molecular formula is C14H17N3OS. The van der Waals surface area contributed by atoms with E-state index >= 15 is 0 Å². The molecule has 19 heavy (non-hydrogen) atoms. The van der Waals surface area contributed by atoms with Crippen molar-refractivity contribution in [1.82, 2.24) is 15.3 Å². The van der Waals surface area contributed by atoms with Gasteiger partial charge in [0.25, 0.3) is 0 Å². The average molecular weight is 275 g/mol. The van der Waals surface area contributed by atoms with Crippen LogP contribution < -0.4 is 10.1 Å². The van der Waals surface area contributed by atoms with Crippen molar-refractivity contribution in [2.24, 2.45) is 5.92 Å². The van der Waals surface area contributed by atoms with E-state index in [0.717, 1.165) is 30.3 Å². The Balaban J connectivity index is 1.63. The first kappa shape index (κ1) is 12.6. The summed E-state index contributed by atoms with van der Waals surface area (Å²) >= 11 is 1.66. The van der Waals surface area contributed by atoms with E-state index in [2.05, 4.69) is 15.3 Å². The molecule has 0 aromatic carbocycles. The first-order valence-corrected chi connectivity index (χ1v) is 7.49. The first-order chi connectivity index (χ1) is 9.42. The van der Waals surface area contributed by atoms with Crippen LogP contribution >= 0.6 is 11.3 Å². The number of piperidine rings is 1. The van der Waals surface area contributed by atoms with Gasteiger partial charge in [-0.25, -0.2) is 4.98 Å². The molecule has 0 bridgehead atoms. The van der Waals surface area contributed by atoms with Crippen molar-refractivity contribution >= 4 is 11.3 Å². The van der Waals surface area contributed by atoms with Crippen LogP contribution in [0, 0.1) is 5.92 Å². The number of hydrogen-bond acceptors (Lipinski definition) is 5. The van der Waals surface area contributed by atoms with Gasteiger partial charge in [-0.3, -0.25) is 4.98 Å². The molecule has 1 unspecified atom stereocenters. The van der Waals surface area contributed by atoms with E-state index in [0.29, 0.717) is 11.8 Å². The van der Waals surface area contributed by atoms with Gasteiger partial charge < -0.3 is 10.1 Å². The molecule has 1 atom stereocenters. The number of aromatic nitrogens is 2. The lowest BCUT2D eigenvalue weighted by molar-refractivity contribution is 0.211. The second-order valence-electron chi connectivity index (χ2n) is 4.74. The van der Waals surface area contributed by atoms with Crippen LogP contribution in [0.25, 0.3) is 10.6 Å². The molecule has 3 heterocycles. The largest absolute Gasteiger partial charge is 0.476 e. The SMILES string of the molecule is c1csc(-c2cncc(OCC3CCCNC3)n2)c1. The van der Waals surface area contributed by atoms with Crippen LogP contribution in [0.2, 0.25) is 0 Å². The van der Waals surface area contributed by atoms with Crippen LogP contribution in [0.15, 0.2) is 29.9 Å². The zero-order chi connectivity index (χ0) is 12.9. The Bertz CT molecular complexity index is 509. The highest BCUT2D eigenvalue weighted by atomic mass is 32.1. The van der Waals surface area contributed by atoms with Crippen molar-refractivity contribution in [3.63, 3.8) is 0 Å². The minimum Gasteiger partial charge on any atom is -0.476 e. The van der Waals surface area contributed by atoms with Crippen molar-refractivity contribution in [2.45, 2.75) is 12.8 Å². The van der Waals surface area contributed by atoms with Crippen LogP contribution in [0.3, 0.4) is 0 Å². The molecule has 1 aliphatic rings. The molecule has 2 aromatic heterocycles. The highest BCUT2D eigenvalue weighted by Crippen LogP contribution is 2.23. The predicted octanol–water partition coefficient (Wildman–Crippen LogP) is 2.58. The number of ether oxygens (including phenoxy) is 1. The van der Waals surface area contributed by atoms with Gasteiger partial charge in [-0.05, 0) is 30.8 Å². The summed E-state index contributed by atoms with van der Waals surface area (Å²) in [5.74, 6) is 1.21. The van der Waals surface area contributed by atoms with Crippen LogP contribution in [0.5, 0.6) is 5.88 Å². The van der Waals surface area contributed by atoms with Gasteiger partial charge >= 0.3 is 0 Å². The minimum atomic E-state index is 0.584. The zero-order valence-corrected chi connectivity index (χ0v) is 11.5. The van der Waals surface area contributed by atoms with E-state index in [1.54, 1.807) is 23.7 Å². The summed E-state index contributed by atoms with van der Waals surface area (Å²) in [4.78, 5) is 9.84. The van der Waals surface area contributed by atoms with E-state index in [-0.39, 0.29) is 0 Å². The quantitative estimate of drug-likeness (QED) is 0.931. The lowest BCUT2D eigenvalue weighted by Crippen LogP contribution is -2.33. The molecular weight excluding hydrogens is 258 g/mol. The molecule has 0 aliphatic carbocycles.